The lowest BCUT2D eigenvalue weighted by molar-refractivity contribution is 0.312. The molecule has 11 aromatic rings. The van der Waals surface area contributed by atoms with Crippen LogP contribution in [0.5, 0.6) is 11.5 Å². The quantitative estimate of drug-likeness (QED) is 0.0718. The third-order valence-corrected chi connectivity index (χ3v) is 12.7. The lowest BCUT2D eigenvalue weighted by atomic mass is 9.78. The molecule has 0 aliphatic rings. The Hall–Kier alpha value is -6.90. The first-order chi connectivity index (χ1) is 29.4. The van der Waals surface area contributed by atoms with Gasteiger partial charge in [-0.1, -0.05) is 128 Å². The first kappa shape index (κ1) is 38.6. The summed E-state index contributed by atoms with van der Waals surface area (Å²) < 4.78 is 14.7. The molecule has 0 radical (unpaired) electrons. The van der Waals surface area contributed by atoms with Crippen molar-refractivity contribution in [2.75, 3.05) is 13.2 Å². The van der Waals surface area contributed by atoms with Gasteiger partial charge in [-0.25, -0.2) is 0 Å². The summed E-state index contributed by atoms with van der Waals surface area (Å²) in [6, 6.07) is 18.2. The van der Waals surface area contributed by atoms with Crippen molar-refractivity contribution in [1.29, 1.82) is 0 Å². The van der Waals surface area contributed by atoms with Crippen LogP contribution in [0.25, 0.3) is 135 Å². The molecule has 4 bridgehead atoms. The van der Waals surface area contributed by atoms with Gasteiger partial charge < -0.3 is 9.47 Å². The summed E-state index contributed by atoms with van der Waals surface area (Å²) in [7, 11) is 0. The third-order valence-electron chi connectivity index (χ3n) is 12.7. The molecule has 11 rings (SSSR count). The Balaban J connectivity index is 1.70. The average molecular weight is 779 g/mol. The number of hydrogen-bond acceptors (Lipinski definition) is 2. The van der Waals surface area contributed by atoms with Gasteiger partial charge in [0.1, 0.15) is 11.5 Å². The van der Waals surface area contributed by atoms with E-state index in [0.717, 1.165) is 168 Å². The van der Waals surface area contributed by atoms with Gasteiger partial charge in [-0.05, 0) is 149 Å². The van der Waals surface area contributed by atoms with Crippen molar-refractivity contribution in [1.82, 2.24) is 0 Å². The third kappa shape index (κ3) is 5.33. The Morgan fingerprint density at radius 1 is 0.317 bits per heavy atom. The molecule has 0 aliphatic carbocycles. The SMILES string of the molecule is C=Cc1cc2c(cc1C=C)c1c3cc(C=C)c(C=C)cc3c2c2c(OCCCC)c3c(c(OCCCC)c21)c1c2cc(C=C)c(C=C)cc2c3c2cc(C=C)c(C=C)cc21. The van der Waals surface area contributed by atoms with E-state index >= 15 is 0 Å². The lowest BCUT2D eigenvalue weighted by Gasteiger charge is -2.28. The topological polar surface area (TPSA) is 18.5 Å². The monoisotopic (exact) mass is 778 g/mol. The number of ether oxygens (including phenoxy) is 2. The van der Waals surface area contributed by atoms with Crippen LogP contribution in [-0.4, -0.2) is 13.2 Å². The number of hydrogen-bond donors (Lipinski definition) is 0. The standard InChI is InChI=1S/C58H50O2/c1-11-21-23-59-57-53-49-41-25-33(13-3)37(17-7)29-45(41)51(46-30-38(18-8)34(14-4)26-42(46)49)55(53)58(60-24-22-12-2)56-52-47-31-39(19-9)35(15-5)27-43(47)50(54(56)57)44-28-36(16-6)40(20-10)32-48(44)52/h13-20,25-32H,3-12,21-24H2,1-2H3. The molecule has 0 amide bonds. The number of benzene rings is 11. The van der Waals surface area contributed by atoms with Gasteiger partial charge in [0.05, 0.1) is 13.2 Å². The van der Waals surface area contributed by atoms with E-state index in [2.05, 4.69) is 115 Å². The zero-order valence-electron chi connectivity index (χ0n) is 35.0. The highest BCUT2D eigenvalue weighted by atomic mass is 16.5. The van der Waals surface area contributed by atoms with Crippen LogP contribution in [0.1, 0.15) is 84.0 Å². The van der Waals surface area contributed by atoms with Gasteiger partial charge in [0.25, 0.3) is 0 Å². The average Bonchev–Trinajstić information content (AvgIpc) is 3.29. The first-order valence-corrected chi connectivity index (χ1v) is 21.1. The highest BCUT2D eigenvalue weighted by Crippen LogP contribution is 2.60. The maximum Gasteiger partial charge on any atom is 0.136 e. The normalized spacial score (nSPS) is 11.8. The molecule has 60 heavy (non-hydrogen) atoms. The van der Waals surface area contributed by atoms with Crippen molar-refractivity contribution in [3.8, 4) is 11.5 Å². The van der Waals surface area contributed by atoms with Crippen molar-refractivity contribution in [2.24, 2.45) is 0 Å². The molecule has 0 spiro atoms. The van der Waals surface area contributed by atoms with Crippen molar-refractivity contribution < 1.29 is 9.47 Å². The second-order valence-corrected chi connectivity index (χ2v) is 15.8. The Kier molecular flexibility index (Phi) is 9.68. The van der Waals surface area contributed by atoms with E-state index in [1.54, 1.807) is 0 Å². The van der Waals surface area contributed by atoms with E-state index in [1.807, 2.05) is 48.6 Å². The number of unbranched alkanes of at least 4 members (excludes halogenated alkanes) is 2. The molecule has 0 saturated heterocycles. The minimum absolute atomic E-state index is 0.567. The maximum atomic E-state index is 7.33. The Morgan fingerprint density at radius 2 is 0.500 bits per heavy atom. The minimum Gasteiger partial charge on any atom is -0.492 e. The summed E-state index contributed by atoms with van der Waals surface area (Å²) in [6.07, 6.45) is 19.2. The molecule has 0 N–H and O–H groups in total. The van der Waals surface area contributed by atoms with Crippen molar-refractivity contribution in [2.45, 2.75) is 39.5 Å². The molecule has 0 fully saturated rings. The van der Waals surface area contributed by atoms with Crippen molar-refractivity contribution in [3.63, 3.8) is 0 Å². The minimum atomic E-state index is 0.567. The fourth-order valence-corrected chi connectivity index (χ4v) is 9.84. The molecule has 0 aliphatic heterocycles. The Morgan fingerprint density at radius 3 is 0.650 bits per heavy atom. The molecule has 0 unspecified atom stereocenters. The maximum absolute atomic E-state index is 7.33. The van der Waals surface area contributed by atoms with Crippen LogP contribution in [0, 0.1) is 0 Å². The van der Waals surface area contributed by atoms with Crippen LogP contribution in [0.3, 0.4) is 0 Å². The summed E-state index contributed by atoms with van der Waals surface area (Å²) in [4.78, 5) is 0. The fourth-order valence-electron chi connectivity index (χ4n) is 9.84. The fraction of sp³-hybridized carbons (Fsp3) is 0.138. The van der Waals surface area contributed by atoms with Crippen LogP contribution in [0.15, 0.2) is 101 Å². The highest BCUT2D eigenvalue weighted by Gasteiger charge is 2.32. The molecule has 11 aromatic carbocycles. The van der Waals surface area contributed by atoms with Gasteiger partial charge in [-0.15, -0.1) is 0 Å². The molecule has 0 aromatic heterocycles. The summed E-state index contributed by atoms with van der Waals surface area (Å²) >= 11 is 0. The van der Waals surface area contributed by atoms with Gasteiger partial charge in [-0.2, -0.15) is 0 Å². The van der Waals surface area contributed by atoms with E-state index in [9.17, 15) is 0 Å². The van der Waals surface area contributed by atoms with E-state index < -0.39 is 0 Å². The molecule has 0 atom stereocenters. The van der Waals surface area contributed by atoms with Gasteiger partial charge in [0.2, 0.25) is 0 Å². The van der Waals surface area contributed by atoms with Crippen LogP contribution in [0.2, 0.25) is 0 Å². The lowest BCUT2D eigenvalue weighted by Crippen LogP contribution is -2.06. The summed E-state index contributed by atoms with van der Waals surface area (Å²) in [5.41, 5.74) is 8.24. The molecular weight excluding hydrogens is 729 g/mol. The van der Waals surface area contributed by atoms with Gasteiger partial charge in [-0.3, -0.25) is 0 Å². The molecule has 294 valence electrons. The summed E-state index contributed by atoms with van der Waals surface area (Å²) in [5.74, 6) is 1.76. The molecule has 2 heteroatoms. The largest absolute Gasteiger partial charge is 0.492 e. The second kappa shape index (κ2) is 15.0. The van der Waals surface area contributed by atoms with E-state index in [-0.39, 0.29) is 0 Å². The zero-order chi connectivity index (χ0) is 42.0. The van der Waals surface area contributed by atoms with Gasteiger partial charge >= 0.3 is 0 Å². The van der Waals surface area contributed by atoms with Crippen LogP contribution >= 0.6 is 0 Å². The van der Waals surface area contributed by atoms with E-state index in [1.165, 1.54) is 0 Å². The summed E-state index contributed by atoms with van der Waals surface area (Å²) in [6.45, 7) is 39.4. The van der Waals surface area contributed by atoms with Crippen molar-refractivity contribution >= 4 is 135 Å². The second-order valence-electron chi connectivity index (χ2n) is 15.8. The molecule has 0 heterocycles. The van der Waals surface area contributed by atoms with Crippen LogP contribution in [-0.2, 0) is 0 Å². The van der Waals surface area contributed by atoms with E-state index in [0.29, 0.717) is 13.2 Å². The van der Waals surface area contributed by atoms with Gasteiger partial charge in [0, 0.05) is 43.1 Å². The smallest absolute Gasteiger partial charge is 0.136 e. The molecule has 2 nitrogen and oxygen atoms in total. The molecular formula is C58H50O2. The summed E-state index contributed by atoms with van der Waals surface area (Å²) in [5, 5.41) is 17.8. The van der Waals surface area contributed by atoms with Gasteiger partial charge in [0.15, 0.2) is 0 Å². The first-order valence-electron chi connectivity index (χ1n) is 21.1. The van der Waals surface area contributed by atoms with Crippen molar-refractivity contribution in [3.05, 3.63) is 146 Å². The number of rotatable bonds is 16. The Bertz CT molecular complexity index is 2760. The van der Waals surface area contributed by atoms with Crippen LogP contribution in [0.4, 0.5) is 0 Å². The van der Waals surface area contributed by atoms with Crippen LogP contribution < -0.4 is 9.47 Å². The Labute approximate surface area is 352 Å². The zero-order valence-corrected chi connectivity index (χ0v) is 35.0. The molecule has 0 saturated carbocycles. The highest BCUT2D eigenvalue weighted by molar-refractivity contribution is 6.50. The predicted octanol–water partition coefficient (Wildman–Crippen LogP) is 17.3. The van der Waals surface area contributed by atoms with E-state index in [4.69, 9.17) is 9.47 Å². The predicted molar refractivity (Wildman–Crippen MR) is 270 cm³/mol.